The van der Waals surface area contributed by atoms with Crippen molar-refractivity contribution in [2.45, 2.75) is 33.1 Å². The van der Waals surface area contributed by atoms with Crippen LogP contribution >= 0.6 is 0 Å². The summed E-state index contributed by atoms with van der Waals surface area (Å²) in [6.07, 6.45) is 6.84. The van der Waals surface area contributed by atoms with Gasteiger partial charge in [-0.2, -0.15) is 0 Å². The number of piperidine rings is 1. The van der Waals surface area contributed by atoms with E-state index in [0.717, 1.165) is 48.9 Å². The lowest BCUT2D eigenvalue weighted by Gasteiger charge is -2.31. The third-order valence-electron chi connectivity index (χ3n) is 5.43. The van der Waals surface area contributed by atoms with Gasteiger partial charge in [0.2, 0.25) is 0 Å². The zero-order valence-electron chi connectivity index (χ0n) is 15.4. The van der Waals surface area contributed by atoms with Crippen LogP contribution in [-0.2, 0) is 6.42 Å². The molecule has 3 heterocycles. The van der Waals surface area contributed by atoms with E-state index in [9.17, 15) is 4.79 Å². The van der Waals surface area contributed by atoms with Gasteiger partial charge in [-0.15, -0.1) is 0 Å². The first kappa shape index (κ1) is 16.8. The van der Waals surface area contributed by atoms with Crippen molar-refractivity contribution in [1.82, 2.24) is 9.88 Å². The molecule has 1 aliphatic heterocycles. The summed E-state index contributed by atoms with van der Waals surface area (Å²) in [5, 5.41) is 1.04. The second-order valence-corrected chi connectivity index (χ2v) is 7.36. The molecule has 0 radical (unpaired) electrons. The Bertz CT molecular complexity index is 922. The molecule has 0 bridgehead atoms. The third-order valence-corrected chi connectivity index (χ3v) is 5.43. The molecular formula is C22H24N2O2. The van der Waals surface area contributed by atoms with Crippen LogP contribution in [0.3, 0.4) is 0 Å². The van der Waals surface area contributed by atoms with Gasteiger partial charge in [0.15, 0.2) is 5.76 Å². The fraction of sp³-hybridized carbons (Fsp3) is 0.364. The maximum atomic E-state index is 13.0. The zero-order chi connectivity index (χ0) is 18.1. The molecule has 26 heavy (non-hydrogen) atoms. The van der Waals surface area contributed by atoms with E-state index in [4.69, 9.17) is 4.42 Å². The predicted octanol–water partition coefficient (Wildman–Crippen LogP) is 4.54. The minimum Gasteiger partial charge on any atom is -0.451 e. The molecule has 0 spiro atoms. The average molecular weight is 348 g/mol. The minimum atomic E-state index is 0.0242. The second kappa shape index (κ2) is 6.94. The van der Waals surface area contributed by atoms with Crippen LogP contribution in [0, 0.1) is 19.8 Å². The Balaban J connectivity index is 1.44. The Hall–Kier alpha value is -2.62. The summed E-state index contributed by atoms with van der Waals surface area (Å²) in [7, 11) is 0. The van der Waals surface area contributed by atoms with Gasteiger partial charge in [-0.3, -0.25) is 9.78 Å². The summed E-state index contributed by atoms with van der Waals surface area (Å²) in [5.74, 6) is 1.13. The third kappa shape index (κ3) is 3.24. The van der Waals surface area contributed by atoms with E-state index in [2.05, 4.69) is 24.0 Å². The van der Waals surface area contributed by atoms with Gasteiger partial charge in [0.25, 0.3) is 5.91 Å². The van der Waals surface area contributed by atoms with Crippen LogP contribution in [0.15, 0.2) is 47.1 Å². The van der Waals surface area contributed by atoms with Crippen LogP contribution in [0.2, 0.25) is 0 Å². The Morgan fingerprint density at radius 2 is 2.04 bits per heavy atom. The number of benzene rings is 1. The number of carbonyl (C=O) groups is 1. The SMILES string of the molecule is Cc1ccc2oc(C(=O)N3CCC(Cc4cccnc4)CC3)c(C)c2c1. The minimum absolute atomic E-state index is 0.0242. The number of amides is 1. The number of likely N-dealkylation sites (tertiary alicyclic amines) is 1. The van der Waals surface area contributed by atoms with E-state index in [1.54, 1.807) is 0 Å². The van der Waals surface area contributed by atoms with Crippen molar-refractivity contribution < 1.29 is 9.21 Å². The Kier molecular flexibility index (Phi) is 4.49. The highest BCUT2D eigenvalue weighted by Crippen LogP contribution is 2.29. The molecule has 4 heteroatoms. The summed E-state index contributed by atoms with van der Waals surface area (Å²) in [6.45, 7) is 5.62. The number of pyridine rings is 1. The van der Waals surface area contributed by atoms with Gasteiger partial charge < -0.3 is 9.32 Å². The van der Waals surface area contributed by atoms with Crippen LogP contribution in [0.4, 0.5) is 0 Å². The number of aromatic nitrogens is 1. The lowest BCUT2D eigenvalue weighted by atomic mass is 9.90. The highest BCUT2D eigenvalue weighted by atomic mass is 16.3. The second-order valence-electron chi connectivity index (χ2n) is 7.36. The van der Waals surface area contributed by atoms with Crippen molar-refractivity contribution in [2.24, 2.45) is 5.92 Å². The Labute approximate surface area is 153 Å². The first-order chi connectivity index (χ1) is 12.6. The Morgan fingerprint density at radius 1 is 1.23 bits per heavy atom. The summed E-state index contributed by atoms with van der Waals surface area (Å²) in [6, 6.07) is 10.2. The van der Waals surface area contributed by atoms with E-state index in [1.165, 1.54) is 11.1 Å². The lowest BCUT2D eigenvalue weighted by Crippen LogP contribution is -2.39. The molecular weight excluding hydrogens is 324 g/mol. The first-order valence-electron chi connectivity index (χ1n) is 9.30. The topological polar surface area (TPSA) is 46.3 Å². The molecule has 0 unspecified atom stereocenters. The molecule has 3 aromatic rings. The molecule has 4 rings (SSSR count). The van der Waals surface area contributed by atoms with E-state index in [1.807, 2.05) is 42.4 Å². The smallest absolute Gasteiger partial charge is 0.289 e. The largest absolute Gasteiger partial charge is 0.451 e. The number of hydrogen-bond donors (Lipinski definition) is 0. The monoisotopic (exact) mass is 348 g/mol. The molecule has 4 nitrogen and oxygen atoms in total. The van der Waals surface area contributed by atoms with E-state index < -0.39 is 0 Å². The predicted molar refractivity (Wildman–Crippen MR) is 102 cm³/mol. The van der Waals surface area contributed by atoms with Gasteiger partial charge >= 0.3 is 0 Å². The number of hydrogen-bond acceptors (Lipinski definition) is 3. The fourth-order valence-corrected chi connectivity index (χ4v) is 3.87. The number of nitrogens with zero attached hydrogens (tertiary/aromatic N) is 2. The van der Waals surface area contributed by atoms with Crippen LogP contribution in [-0.4, -0.2) is 28.9 Å². The molecule has 1 aromatic carbocycles. The number of carbonyl (C=O) groups excluding carboxylic acids is 1. The van der Waals surface area contributed by atoms with Crippen LogP contribution in [0.1, 0.15) is 40.1 Å². The van der Waals surface area contributed by atoms with E-state index in [-0.39, 0.29) is 5.91 Å². The number of furan rings is 1. The summed E-state index contributed by atoms with van der Waals surface area (Å²) in [5.41, 5.74) is 4.20. The highest BCUT2D eigenvalue weighted by Gasteiger charge is 2.27. The molecule has 0 aliphatic carbocycles. The van der Waals surface area contributed by atoms with Gasteiger partial charge in [0.1, 0.15) is 5.58 Å². The van der Waals surface area contributed by atoms with Crippen molar-refractivity contribution in [3.8, 4) is 0 Å². The van der Waals surface area contributed by atoms with Crippen molar-refractivity contribution in [3.05, 3.63) is 65.2 Å². The maximum Gasteiger partial charge on any atom is 0.289 e. The number of rotatable bonds is 3. The van der Waals surface area contributed by atoms with Crippen molar-refractivity contribution in [1.29, 1.82) is 0 Å². The fourth-order valence-electron chi connectivity index (χ4n) is 3.87. The molecule has 1 aliphatic rings. The molecule has 134 valence electrons. The molecule has 1 fully saturated rings. The van der Waals surface area contributed by atoms with Crippen LogP contribution < -0.4 is 0 Å². The van der Waals surface area contributed by atoms with Crippen molar-refractivity contribution in [3.63, 3.8) is 0 Å². The van der Waals surface area contributed by atoms with E-state index in [0.29, 0.717) is 11.7 Å². The Morgan fingerprint density at radius 3 is 2.77 bits per heavy atom. The molecule has 0 saturated carbocycles. The van der Waals surface area contributed by atoms with Gasteiger partial charge in [-0.1, -0.05) is 17.7 Å². The summed E-state index contributed by atoms with van der Waals surface area (Å²) >= 11 is 0. The zero-order valence-corrected chi connectivity index (χ0v) is 15.4. The molecule has 0 N–H and O–H groups in total. The normalized spacial score (nSPS) is 15.5. The summed E-state index contributed by atoms with van der Waals surface area (Å²) < 4.78 is 5.89. The van der Waals surface area contributed by atoms with E-state index >= 15 is 0 Å². The van der Waals surface area contributed by atoms with Gasteiger partial charge in [-0.05, 0) is 62.8 Å². The average Bonchev–Trinajstić information content (AvgIpc) is 2.99. The molecule has 2 aromatic heterocycles. The number of fused-ring (bicyclic) bond motifs is 1. The molecule has 1 saturated heterocycles. The summed E-state index contributed by atoms with van der Waals surface area (Å²) in [4.78, 5) is 19.1. The standard InChI is InChI=1S/C22H24N2O2/c1-15-5-6-20-19(12-15)16(2)21(26-20)22(25)24-10-7-17(8-11-24)13-18-4-3-9-23-14-18/h3-6,9,12,14,17H,7-8,10-11,13H2,1-2H3. The van der Waals surface area contributed by atoms with Gasteiger partial charge in [-0.25, -0.2) is 0 Å². The van der Waals surface area contributed by atoms with Gasteiger partial charge in [0.05, 0.1) is 0 Å². The molecule has 0 atom stereocenters. The maximum absolute atomic E-state index is 13.0. The van der Waals surface area contributed by atoms with Crippen LogP contribution in [0.5, 0.6) is 0 Å². The highest BCUT2D eigenvalue weighted by molar-refractivity contribution is 5.99. The quantitative estimate of drug-likeness (QED) is 0.698. The van der Waals surface area contributed by atoms with Crippen molar-refractivity contribution >= 4 is 16.9 Å². The van der Waals surface area contributed by atoms with Crippen LogP contribution in [0.25, 0.3) is 11.0 Å². The lowest BCUT2D eigenvalue weighted by molar-refractivity contribution is 0.0660. The van der Waals surface area contributed by atoms with Crippen molar-refractivity contribution in [2.75, 3.05) is 13.1 Å². The number of aryl methyl sites for hydroxylation is 2. The van der Waals surface area contributed by atoms with Gasteiger partial charge in [0, 0.05) is 36.4 Å². The molecule has 1 amide bonds. The first-order valence-corrected chi connectivity index (χ1v) is 9.30.